The van der Waals surface area contributed by atoms with Crippen molar-refractivity contribution in [3.05, 3.63) is 88.8 Å². The fourth-order valence-electron chi connectivity index (χ4n) is 3.95. The van der Waals surface area contributed by atoms with Crippen LogP contribution in [0.4, 0.5) is 5.82 Å². The first-order valence-corrected chi connectivity index (χ1v) is 11.9. The van der Waals surface area contributed by atoms with Gasteiger partial charge in [0, 0.05) is 23.1 Å². The van der Waals surface area contributed by atoms with Crippen LogP contribution in [-0.4, -0.2) is 34.6 Å². The first kappa shape index (κ1) is 23.4. The predicted molar refractivity (Wildman–Crippen MR) is 145 cm³/mol. The van der Waals surface area contributed by atoms with Crippen LogP contribution in [0.1, 0.15) is 19.4 Å². The molecule has 0 spiro atoms. The quantitative estimate of drug-likeness (QED) is 0.289. The van der Waals surface area contributed by atoms with Crippen LogP contribution in [0.5, 0.6) is 5.75 Å². The molecule has 3 aromatic carbocycles. The lowest BCUT2D eigenvalue weighted by molar-refractivity contribution is 0.272. The van der Waals surface area contributed by atoms with Crippen molar-refractivity contribution in [1.82, 2.24) is 20.2 Å². The van der Waals surface area contributed by atoms with Gasteiger partial charge < -0.3 is 15.0 Å². The number of nitrogens with zero attached hydrogens (tertiary/aromatic N) is 2. The largest absolute Gasteiger partial charge is 0.493 e. The second-order valence-electron chi connectivity index (χ2n) is 9.11. The molecular formula is C28H26BN5O2. The Morgan fingerprint density at radius 1 is 1.03 bits per heavy atom. The number of aromatic amines is 2. The number of H-pyrrole nitrogens is 2. The molecule has 0 fully saturated rings. The summed E-state index contributed by atoms with van der Waals surface area (Å²) in [4.78, 5) is 19.7. The molecule has 2 aromatic heterocycles. The smallest absolute Gasteiger partial charge is 0.345 e. The number of anilines is 1. The number of para-hydroxylation sites is 1. The number of ether oxygens (including phenoxy) is 1. The molecule has 0 saturated heterocycles. The highest BCUT2D eigenvalue weighted by Gasteiger charge is 2.13. The number of nitrogens with one attached hydrogen (secondary N) is 3. The standard InChI is InChI=1S/C28H26BN5O2/c1-17(2)16-36-26-6-4-3-5-21(26)25-14-24(31-28(35)32-25)19-9-12-23-22(13-19)27(34-33-23)30-15-18-7-10-20(29)11-8-18/h3-14,17H,15-16H2,1-2H3,(H2,30,33,34)(H,31,32,35). The lowest BCUT2D eigenvalue weighted by Gasteiger charge is -2.13. The molecular weight excluding hydrogens is 449 g/mol. The van der Waals surface area contributed by atoms with Gasteiger partial charge in [0.25, 0.3) is 0 Å². The van der Waals surface area contributed by atoms with E-state index in [-0.39, 0.29) is 0 Å². The number of hydrogen-bond donors (Lipinski definition) is 3. The monoisotopic (exact) mass is 475 g/mol. The zero-order chi connectivity index (χ0) is 25.1. The topological polar surface area (TPSA) is 95.7 Å². The maximum atomic E-state index is 12.6. The summed E-state index contributed by atoms with van der Waals surface area (Å²) in [7, 11) is 5.78. The molecule has 2 heterocycles. The van der Waals surface area contributed by atoms with Gasteiger partial charge in [-0.25, -0.2) is 4.79 Å². The number of hydrogen-bond acceptors (Lipinski definition) is 5. The fraction of sp³-hybridized carbons (Fsp3) is 0.179. The van der Waals surface area contributed by atoms with Gasteiger partial charge in [0.1, 0.15) is 13.6 Å². The van der Waals surface area contributed by atoms with Gasteiger partial charge >= 0.3 is 5.69 Å². The average molecular weight is 475 g/mol. The van der Waals surface area contributed by atoms with Gasteiger partial charge in [-0.15, -0.1) is 0 Å². The van der Waals surface area contributed by atoms with E-state index >= 15 is 0 Å². The van der Waals surface area contributed by atoms with E-state index in [1.807, 2.05) is 72.8 Å². The third-order valence-electron chi connectivity index (χ3n) is 5.79. The van der Waals surface area contributed by atoms with E-state index < -0.39 is 5.69 Å². The van der Waals surface area contributed by atoms with Crippen molar-refractivity contribution in [2.45, 2.75) is 20.4 Å². The number of rotatable bonds is 8. The van der Waals surface area contributed by atoms with E-state index in [0.29, 0.717) is 30.5 Å². The normalized spacial score (nSPS) is 11.2. The first-order chi connectivity index (χ1) is 17.5. The lowest BCUT2D eigenvalue weighted by Crippen LogP contribution is -2.12. The number of benzene rings is 3. The third kappa shape index (κ3) is 5.17. The highest BCUT2D eigenvalue weighted by Crippen LogP contribution is 2.31. The van der Waals surface area contributed by atoms with Gasteiger partial charge in [0.05, 0.1) is 23.5 Å². The van der Waals surface area contributed by atoms with Crippen LogP contribution in [0.15, 0.2) is 77.6 Å². The third-order valence-corrected chi connectivity index (χ3v) is 5.79. The molecule has 5 aromatic rings. The molecule has 0 aliphatic carbocycles. The van der Waals surface area contributed by atoms with Crippen molar-refractivity contribution in [1.29, 1.82) is 0 Å². The SMILES string of the molecule is [B]c1ccc(CNc2n[nH]c3ccc(-c4cc(-c5ccccc5OCC(C)C)[nH]c(=O)n4)cc23)cc1. The molecule has 0 atom stereocenters. The number of fused-ring (bicyclic) bond motifs is 1. The second-order valence-corrected chi connectivity index (χ2v) is 9.11. The number of aromatic nitrogens is 4. The second kappa shape index (κ2) is 10.1. The van der Waals surface area contributed by atoms with Gasteiger partial charge in [0.2, 0.25) is 0 Å². The van der Waals surface area contributed by atoms with Crippen LogP contribution in [0.25, 0.3) is 33.4 Å². The van der Waals surface area contributed by atoms with E-state index in [0.717, 1.165) is 44.6 Å². The summed E-state index contributed by atoms with van der Waals surface area (Å²) < 4.78 is 6.00. The van der Waals surface area contributed by atoms with Gasteiger partial charge in [-0.2, -0.15) is 10.1 Å². The molecule has 3 N–H and O–H groups in total. The molecule has 8 heteroatoms. The van der Waals surface area contributed by atoms with Crippen molar-refractivity contribution in [3.63, 3.8) is 0 Å². The van der Waals surface area contributed by atoms with Crippen molar-refractivity contribution >= 4 is 30.0 Å². The van der Waals surface area contributed by atoms with Crippen LogP contribution in [-0.2, 0) is 6.54 Å². The Balaban J connectivity index is 1.47. The van der Waals surface area contributed by atoms with Gasteiger partial charge in [-0.1, -0.05) is 61.8 Å². The molecule has 5 rings (SSSR count). The lowest BCUT2D eigenvalue weighted by atomic mass is 9.95. The average Bonchev–Trinajstić information content (AvgIpc) is 3.29. The van der Waals surface area contributed by atoms with Gasteiger partial charge in [-0.05, 0) is 41.8 Å². The van der Waals surface area contributed by atoms with Gasteiger partial charge in [-0.3, -0.25) is 5.10 Å². The van der Waals surface area contributed by atoms with Crippen LogP contribution in [0, 0.1) is 5.92 Å². The summed E-state index contributed by atoms with van der Waals surface area (Å²) in [6, 6.07) is 23.1. The Labute approximate surface area is 210 Å². The molecule has 0 bridgehead atoms. The molecule has 2 radical (unpaired) electrons. The minimum absolute atomic E-state index is 0.384. The van der Waals surface area contributed by atoms with E-state index in [9.17, 15) is 4.79 Å². The predicted octanol–water partition coefficient (Wildman–Crippen LogP) is 4.42. The highest BCUT2D eigenvalue weighted by atomic mass is 16.5. The molecule has 0 unspecified atom stereocenters. The van der Waals surface area contributed by atoms with Crippen LogP contribution in [0.3, 0.4) is 0 Å². The summed E-state index contributed by atoms with van der Waals surface area (Å²) in [5.41, 5.74) is 5.13. The zero-order valence-corrected chi connectivity index (χ0v) is 20.2. The van der Waals surface area contributed by atoms with Crippen molar-refractivity contribution in [2.24, 2.45) is 5.92 Å². The van der Waals surface area contributed by atoms with Crippen molar-refractivity contribution in [2.75, 3.05) is 11.9 Å². The van der Waals surface area contributed by atoms with E-state index in [1.54, 1.807) is 0 Å². The Morgan fingerprint density at radius 2 is 1.83 bits per heavy atom. The molecule has 0 aliphatic rings. The Hall–Kier alpha value is -4.33. The van der Waals surface area contributed by atoms with Crippen LogP contribution in [0.2, 0.25) is 0 Å². The molecule has 178 valence electrons. The minimum atomic E-state index is -0.421. The molecule has 7 nitrogen and oxygen atoms in total. The van der Waals surface area contributed by atoms with Crippen LogP contribution >= 0.6 is 0 Å². The summed E-state index contributed by atoms with van der Waals surface area (Å²) in [6.45, 7) is 5.38. The minimum Gasteiger partial charge on any atom is -0.493 e. The van der Waals surface area contributed by atoms with E-state index in [4.69, 9.17) is 12.6 Å². The molecule has 0 amide bonds. The first-order valence-electron chi connectivity index (χ1n) is 11.9. The zero-order valence-electron chi connectivity index (χ0n) is 20.2. The summed E-state index contributed by atoms with van der Waals surface area (Å²) in [6.07, 6.45) is 0. The molecule has 0 saturated carbocycles. The van der Waals surface area contributed by atoms with Crippen molar-refractivity contribution < 1.29 is 4.74 Å². The maximum Gasteiger partial charge on any atom is 0.345 e. The highest BCUT2D eigenvalue weighted by molar-refractivity contribution is 6.32. The van der Waals surface area contributed by atoms with Crippen molar-refractivity contribution in [3.8, 4) is 28.3 Å². The Bertz CT molecular complexity index is 1560. The Morgan fingerprint density at radius 3 is 2.64 bits per heavy atom. The fourth-order valence-corrected chi connectivity index (χ4v) is 3.95. The van der Waals surface area contributed by atoms with E-state index in [1.165, 1.54) is 0 Å². The van der Waals surface area contributed by atoms with Gasteiger partial charge in [0.15, 0.2) is 5.82 Å². The van der Waals surface area contributed by atoms with E-state index in [2.05, 4.69) is 39.3 Å². The molecule has 0 aliphatic heterocycles. The Kier molecular flexibility index (Phi) is 6.58. The molecule has 36 heavy (non-hydrogen) atoms. The van der Waals surface area contributed by atoms with Crippen LogP contribution < -0.4 is 21.2 Å². The summed E-state index contributed by atoms with van der Waals surface area (Å²) in [5, 5.41) is 11.8. The summed E-state index contributed by atoms with van der Waals surface area (Å²) >= 11 is 0. The maximum absolute atomic E-state index is 12.6. The summed E-state index contributed by atoms with van der Waals surface area (Å²) in [5.74, 6) is 1.83.